The first-order valence-corrected chi connectivity index (χ1v) is 4.55. The van der Waals surface area contributed by atoms with Crippen molar-refractivity contribution in [1.29, 1.82) is 0 Å². The summed E-state index contributed by atoms with van der Waals surface area (Å²) < 4.78 is 29.9. The van der Waals surface area contributed by atoms with Crippen LogP contribution in [0.5, 0.6) is 0 Å². The fraction of sp³-hybridized carbons (Fsp3) is 1.00. The molecule has 6 heteroatoms. The van der Waals surface area contributed by atoms with Gasteiger partial charge in [-0.2, -0.15) is 0 Å². The Hall–Kier alpha value is -0.240. The molecule has 0 saturated heterocycles. The van der Waals surface area contributed by atoms with E-state index in [1.54, 1.807) is 28.4 Å². The highest BCUT2D eigenvalue weighted by Gasteiger charge is 2.06. The summed E-state index contributed by atoms with van der Waals surface area (Å²) in [6.45, 7) is 0.779. The smallest absolute Gasteiger partial charge is 0.180 e. The van der Waals surface area contributed by atoms with Crippen LogP contribution < -0.4 is 0 Å². The lowest BCUT2D eigenvalue weighted by Gasteiger charge is -2.15. The molecule has 0 heterocycles. The number of hydrogen-bond donors (Lipinski definition) is 0. The number of hydrogen-bond acceptors (Lipinski definition) is 6. The molecule has 0 amide bonds. The van der Waals surface area contributed by atoms with Gasteiger partial charge in [0.05, 0.1) is 0 Å². The maximum Gasteiger partial charge on any atom is 0.180 e. The van der Waals surface area contributed by atoms with E-state index in [9.17, 15) is 0 Å². The molecule has 0 bridgehead atoms. The molecule has 0 spiro atoms. The molecule has 0 aliphatic heterocycles. The third-order valence-electron chi connectivity index (χ3n) is 1.73. The lowest BCUT2D eigenvalue weighted by atomic mass is 10.7. The van der Waals surface area contributed by atoms with Crippen molar-refractivity contribution in [2.24, 2.45) is 0 Å². The average molecular weight is 224 g/mol. The van der Waals surface area contributed by atoms with Crippen LogP contribution in [-0.2, 0) is 28.4 Å². The molecule has 0 aromatic rings. The monoisotopic (exact) mass is 224 g/mol. The van der Waals surface area contributed by atoms with Gasteiger partial charge < -0.3 is 28.4 Å². The van der Waals surface area contributed by atoms with Crippen molar-refractivity contribution in [1.82, 2.24) is 0 Å². The Bertz CT molecular complexity index is 110. The van der Waals surface area contributed by atoms with Crippen molar-refractivity contribution in [2.45, 2.75) is 12.6 Å². The Balaban J connectivity index is 3.30. The summed E-state index contributed by atoms with van der Waals surface area (Å²) in [5, 5.41) is 0. The summed E-state index contributed by atoms with van der Waals surface area (Å²) in [4.78, 5) is 0. The van der Waals surface area contributed by atoms with Crippen LogP contribution in [0.2, 0.25) is 0 Å². The van der Waals surface area contributed by atoms with Gasteiger partial charge in [0.1, 0.15) is 20.0 Å². The van der Waals surface area contributed by atoms with Crippen molar-refractivity contribution in [2.75, 3.05) is 48.4 Å². The van der Waals surface area contributed by atoms with Gasteiger partial charge in [-0.3, -0.25) is 0 Å². The Morgan fingerprint density at radius 3 is 1.27 bits per heavy atom. The number of rotatable bonds is 10. The zero-order valence-electron chi connectivity index (χ0n) is 9.73. The zero-order chi connectivity index (χ0) is 11.5. The van der Waals surface area contributed by atoms with E-state index >= 15 is 0 Å². The van der Waals surface area contributed by atoms with Crippen LogP contribution in [-0.4, -0.2) is 61.0 Å². The first kappa shape index (κ1) is 14.8. The quantitative estimate of drug-likeness (QED) is 0.391. The third kappa shape index (κ3) is 7.66. The molecule has 0 atom stereocenters. The van der Waals surface area contributed by atoms with Crippen LogP contribution in [0.1, 0.15) is 0 Å². The molecule has 0 radical (unpaired) electrons. The normalized spacial score (nSPS) is 11.6. The van der Waals surface area contributed by atoms with Crippen molar-refractivity contribution < 1.29 is 28.4 Å². The zero-order valence-corrected chi connectivity index (χ0v) is 9.73. The third-order valence-corrected chi connectivity index (χ3v) is 1.73. The van der Waals surface area contributed by atoms with E-state index < -0.39 is 0 Å². The molecule has 0 rings (SSSR count). The van der Waals surface area contributed by atoms with Crippen LogP contribution in [0, 0.1) is 0 Å². The van der Waals surface area contributed by atoms with Gasteiger partial charge in [0, 0.05) is 28.4 Å². The second-order valence-corrected chi connectivity index (χ2v) is 2.66. The molecule has 0 saturated carbocycles. The van der Waals surface area contributed by atoms with E-state index in [-0.39, 0.29) is 19.4 Å². The summed E-state index contributed by atoms with van der Waals surface area (Å²) in [6, 6.07) is 0. The standard InChI is InChI=1S/C9H20O6/c1-10-8(11-2)5-14-7-15-6-9(12-3)13-4/h8-9H,5-7H2,1-4H3. The molecule has 6 nitrogen and oxygen atoms in total. The van der Waals surface area contributed by atoms with Gasteiger partial charge in [-0.05, 0) is 0 Å². The first-order valence-electron chi connectivity index (χ1n) is 4.55. The van der Waals surface area contributed by atoms with Crippen molar-refractivity contribution in [3.8, 4) is 0 Å². The Morgan fingerprint density at radius 2 is 1.00 bits per heavy atom. The van der Waals surface area contributed by atoms with Crippen LogP contribution in [0.25, 0.3) is 0 Å². The summed E-state index contributed by atoms with van der Waals surface area (Å²) in [5.74, 6) is 0. The summed E-state index contributed by atoms with van der Waals surface area (Å²) in [7, 11) is 6.18. The Labute approximate surface area is 90.3 Å². The van der Waals surface area contributed by atoms with E-state index in [1.807, 2.05) is 0 Å². The second kappa shape index (κ2) is 10.3. The van der Waals surface area contributed by atoms with Gasteiger partial charge in [0.25, 0.3) is 0 Å². The minimum Gasteiger partial charge on any atom is -0.354 e. The van der Waals surface area contributed by atoms with Crippen LogP contribution >= 0.6 is 0 Å². The van der Waals surface area contributed by atoms with Gasteiger partial charge in [0.15, 0.2) is 12.6 Å². The van der Waals surface area contributed by atoms with E-state index in [1.165, 1.54) is 0 Å². The van der Waals surface area contributed by atoms with Crippen LogP contribution in [0.4, 0.5) is 0 Å². The highest BCUT2D eigenvalue weighted by atomic mass is 16.7. The average Bonchev–Trinajstić information content (AvgIpc) is 2.29. The van der Waals surface area contributed by atoms with Crippen LogP contribution in [0.3, 0.4) is 0 Å². The lowest BCUT2D eigenvalue weighted by Crippen LogP contribution is -2.24. The number of ether oxygens (including phenoxy) is 6. The lowest BCUT2D eigenvalue weighted by molar-refractivity contribution is -0.191. The second-order valence-electron chi connectivity index (χ2n) is 2.66. The molecule has 0 fully saturated rings. The van der Waals surface area contributed by atoms with Gasteiger partial charge >= 0.3 is 0 Å². The molecule has 0 aliphatic carbocycles. The van der Waals surface area contributed by atoms with Crippen molar-refractivity contribution in [3.05, 3.63) is 0 Å². The molecular formula is C9H20O6. The van der Waals surface area contributed by atoms with E-state index in [0.29, 0.717) is 13.2 Å². The molecule has 0 aromatic heterocycles. The predicted molar refractivity (Wildman–Crippen MR) is 52.4 cm³/mol. The van der Waals surface area contributed by atoms with E-state index in [4.69, 9.17) is 28.4 Å². The maximum atomic E-state index is 5.13. The fourth-order valence-corrected chi connectivity index (χ4v) is 0.812. The topological polar surface area (TPSA) is 55.4 Å². The molecule has 15 heavy (non-hydrogen) atoms. The summed E-state index contributed by atoms with van der Waals surface area (Å²) in [5.41, 5.74) is 0. The Morgan fingerprint density at radius 1 is 0.667 bits per heavy atom. The molecule has 92 valence electrons. The van der Waals surface area contributed by atoms with Crippen molar-refractivity contribution in [3.63, 3.8) is 0 Å². The SMILES string of the molecule is COC(COCOCC(OC)OC)OC. The largest absolute Gasteiger partial charge is 0.354 e. The molecular weight excluding hydrogens is 204 g/mol. The summed E-state index contributed by atoms with van der Waals surface area (Å²) >= 11 is 0. The van der Waals surface area contributed by atoms with Crippen molar-refractivity contribution >= 4 is 0 Å². The first-order chi connectivity index (χ1) is 7.28. The number of methoxy groups -OCH3 is 4. The molecule has 0 aliphatic rings. The fourth-order valence-electron chi connectivity index (χ4n) is 0.812. The maximum absolute atomic E-state index is 5.13. The van der Waals surface area contributed by atoms with E-state index in [0.717, 1.165) is 0 Å². The van der Waals surface area contributed by atoms with Gasteiger partial charge in [-0.25, -0.2) is 0 Å². The van der Waals surface area contributed by atoms with Gasteiger partial charge in [0.2, 0.25) is 0 Å². The minimum atomic E-state index is -0.366. The predicted octanol–water partition coefficient (Wildman–Crippen LogP) is 0.215. The van der Waals surface area contributed by atoms with E-state index in [2.05, 4.69) is 0 Å². The molecule has 0 unspecified atom stereocenters. The molecule has 0 N–H and O–H groups in total. The van der Waals surface area contributed by atoms with Crippen LogP contribution in [0.15, 0.2) is 0 Å². The molecule has 0 aromatic carbocycles. The van der Waals surface area contributed by atoms with Gasteiger partial charge in [-0.1, -0.05) is 0 Å². The Kier molecular flexibility index (Phi) is 10.1. The van der Waals surface area contributed by atoms with Gasteiger partial charge in [-0.15, -0.1) is 0 Å². The summed E-state index contributed by atoms with van der Waals surface area (Å²) in [6.07, 6.45) is -0.733. The minimum absolute atomic E-state index is 0.145. The highest BCUT2D eigenvalue weighted by molar-refractivity contribution is 4.38. The highest BCUT2D eigenvalue weighted by Crippen LogP contribution is 1.94.